The number of aliphatic hydroxyl groups excluding tert-OH is 1. The van der Waals surface area contributed by atoms with Crippen molar-refractivity contribution in [3.8, 4) is 11.5 Å². The maximum absolute atomic E-state index is 10.6. The van der Waals surface area contributed by atoms with Crippen molar-refractivity contribution in [1.82, 2.24) is 9.88 Å². The van der Waals surface area contributed by atoms with Gasteiger partial charge in [0.25, 0.3) is 0 Å². The number of thiazole rings is 1. The number of ether oxygens (including phenoxy) is 2. The van der Waals surface area contributed by atoms with Crippen LogP contribution in [0.3, 0.4) is 0 Å². The van der Waals surface area contributed by atoms with Crippen molar-refractivity contribution in [1.29, 1.82) is 0 Å². The van der Waals surface area contributed by atoms with Gasteiger partial charge in [-0.3, -0.25) is 0 Å². The zero-order chi connectivity index (χ0) is 18.8. The van der Waals surface area contributed by atoms with E-state index in [-0.39, 0.29) is 6.10 Å². The van der Waals surface area contributed by atoms with Crippen LogP contribution in [0.15, 0.2) is 29.6 Å². The van der Waals surface area contributed by atoms with Crippen LogP contribution in [0.5, 0.6) is 11.5 Å². The van der Waals surface area contributed by atoms with Gasteiger partial charge in [-0.2, -0.15) is 0 Å². The molecule has 1 aromatic carbocycles. The van der Waals surface area contributed by atoms with Gasteiger partial charge in [-0.15, -0.1) is 11.3 Å². The van der Waals surface area contributed by atoms with Gasteiger partial charge >= 0.3 is 0 Å². The largest absolute Gasteiger partial charge is 0.493 e. The van der Waals surface area contributed by atoms with Gasteiger partial charge in [0.2, 0.25) is 0 Å². The normalized spacial score (nSPS) is 28.1. The Kier molecular flexibility index (Phi) is 5.66. The number of hydrogen-bond acceptors (Lipinski definition) is 6. The summed E-state index contributed by atoms with van der Waals surface area (Å²) in [6.45, 7) is 5.27. The van der Waals surface area contributed by atoms with E-state index in [1.807, 2.05) is 24.3 Å². The van der Waals surface area contributed by atoms with E-state index in [4.69, 9.17) is 9.47 Å². The lowest BCUT2D eigenvalue weighted by atomic mass is 9.78. The highest BCUT2D eigenvalue weighted by Gasteiger charge is 2.42. The first-order chi connectivity index (χ1) is 13.1. The summed E-state index contributed by atoms with van der Waals surface area (Å²) in [5.41, 5.74) is 1.20. The summed E-state index contributed by atoms with van der Waals surface area (Å²) in [6.07, 6.45) is 2.14. The topological polar surface area (TPSA) is 54.8 Å². The molecule has 1 saturated heterocycles. The van der Waals surface area contributed by atoms with Gasteiger partial charge in [0, 0.05) is 31.4 Å². The SMILES string of the molecule is COc1ccccc1O[C@@H]1C[C@@H]2CN(CCc3csc(C)n3)C[C@@H]2C[C@H]1O. The number of methoxy groups -OCH3 is 1. The van der Waals surface area contributed by atoms with Crippen LogP contribution in [0.2, 0.25) is 0 Å². The molecule has 4 atom stereocenters. The summed E-state index contributed by atoms with van der Waals surface area (Å²) in [5, 5.41) is 13.9. The van der Waals surface area contributed by atoms with Gasteiger partial charge in [-0.05, 0) is 43.7 Å². The average molecular weight is 389 g/mol. The number of aliphatic hydroxyl groups is 1. The molecule has 1 N–H and O–H groups in total. The Labute approximate surface area is 164 Å². The number of nitrogens with zero attached hydrogens (tertiary/aromatic N) is 2. The van der Waals surface area contributed by atoms with Gasteiger partial charge in [-0.25, -0.2) is 4.98 Å². The Morgan fingerprint density at radius 1 is 1.19 bits per heavy atom. The van der Waals surface area contributed by atoms with Crippen molar-refractivity contribution in [3.05, 3.63) is 40.3 Å². The van der Waals surface area contributed by atoms with E-state index in [0.29, 0.717) is 11.8 Å². The predicted octanol–water partition coefficient (Wildman–Crippen LogP) is 3.15. The molecule has 1 aliphatic carbocycles. The summed E-state index contributed by atoms with van der Waals surface area (Å²) in [6, 6.07) is 7.67. The Morgan fingerprint density at radius 2 is 1.93 bits per heavy atom. The lowest BCUT2D eigenvalue weighted by Gasteiger charge is -2.35. The first-order valence-corrected chi connectivity index (χ1v) is 10.6. The molecule has 0 amide bonds. The van der Waals surface area contributed by atoms with Gasteiger partial charge in [-0.1, -0.05) is 12.1 Å². The van der Waals surface area contributed by atoms with E-state index < -0.39 is 6.10 Å². The molecule has 2 aliphatic rings. The number of aryl methyl sites for hydroxylation is 1. The monoisotopic (exact) mass is 388 g/mol. The first kappa shape index (κ1) is 18.7. The third-order valence-electron chi connectivity index (χ3n) is 5.86. The lowest BCUT2D eigenvalue weighted by molar-refractivity contribution is -0.0240. The summed E-state index contributed by atoms with van der Waals surface area (Å²) in [5.74, 6) is 2.59. The second kappa shape index (κ2) is 8.17. The molecule has 1 aliphatic heterocycles. The van der Waals surface area contributed by atoms with Crippen LogP contribution in [0.4, 0.5) is 0 Å². The molecule has 146 valence electrons. The van der Waals surface area contributed by atoms with Crippen LogP contribution < -0.4 is 9.47 Å². The molecule has 6 heteroatoms. The third-order valence-corrected chi connectivity index (χ3v) is 6.68. The smallest absolute Gasteiger partial charge is 0.161 e. The van der Waals surface area contributed by atoms with Crippen LogP contribution in [-0.4, -0.2) is 53.9 Å². The molecular weight excluding hydrogens is 360 g/mol. The molecule has 27 heavy (non-hydrogen) atoms. The van der Waals surface area contributed by atoms with Crippen LogP contribution in [0.25, 0.3) is 0 Å². The van der Waals surface area contributed by atoms with Crippen molar-refractivity contribution >= 4 is 11.3 Å². The van der Waals surface area contributed by atoms with Gasteiger partial charge < -0.3 is 19.5 Å². The number of hydrogen-bond donors (Lipinski definition) is 1. The fraction of sp³-hybridized carbons (Fsp3) is 0.571. The fourth-order valence-electron chi connectivity index (χ4n) is 4.47. The Balaban J connectivity index is 1.34. The number of fused-ring (bicyclic) bond motifs is 1. The zero-order valence-corrected chi connectivity index (χ0v) is 16.8. The molecule has 2 aromatic rings. The van der Waals surface area contributed by atoms with Gasteiger partial charge in [0.1, 0.15) is 6.10 Å². The number of likely N-dealkylation sites (tertiary alicyclic amines) is 1. The molecule has 2 fully saturated rings. The highest BCUT2D eigenvalue weighted by Crippen LogP contribution is 2.39. The molecule has 1 aromatic heterocycles. The second-order valence-corrected chi connectivity index (χ2v) is 8.80. The number of rotatable bonds is 6. The van der Waals surface area contributed by atoms with E-state index in [2.05, 4.69) is 22.2 Å². The van der Waals surface area contributed by atoms with E-state index in [0.717, 1.165) is 55.4 Å². The minimum atomic E-state index is -0.419. The highest BCUT2D eigenvalue weighted by molar-refractivity contribution is 7.09. The zero-order valence-electron chi connectivity index (χ0n) is 16.0. The quantitative estimate of drug-likeness (QED) is 0.824. The molecule has 2 heterocycles. The Morgan fingerprint density at radius 3 is 2.63 bits per heavy atom. The standard InChI is InChI=1S/C21H28N2O3S/c1-14-22-17(13-27-14)7-8-23-11-15-9-18(24)21(10-16(15)12-23)26-20-6-4-3-5-19(20)25-2/h3-6,13,15-16,18,21,24H,7-12H2,1-2H3/t15-,16+,18+,21+/m0/s1. The van der Waals surface area contributed by atoms with Crippen molar-refractivity contribution < 1.29 is 14.6 Å². The fourth-order valence-corrected chi connectivity index (χ4v) is 5.12. The lowest BCUT2D eigenvalue weighted by Crippen LogP contribution is -2.42. The van der Waals surface area contributed by atoms with E-state index in [1.165, 1.54) is 5.69 Å². The number of aromatic nitrogens is 1. The maximum atomic E-state index is 10.6. The molecule has 0 spiro atoms. The Bertz CT molecular complexity index is 765. The average Bonchev–Trinajstić information content (AvgIpc) is 3.26. The van der Waals surface area contributed by atoms with E-state index in [9.17, 15) is 5.11 Å². The molecular formula is C21H28N2O3S. The molecule has 0 unspecified atom stereocenters. The van der Waals surface area contributed by atoms with Crippen molar-refractivity contribution in [2.45, 2.75) is 38.4 Å². The minimum Gasteiger partial charge on any atom is -0.493 e. The number of benzene rings is 1. The molecule has 0 radical (unpaired) electrons. The van der Waals surface area contributed by atoms with Crippen LogP contribution in [-0.2, 0) is 6.42 Å². The van der Waals surface area contributed by atoms with Gasteiger partial charge in [0.05, 0.1) is 23.9 Å². The van der Waals surface area contributed by atoms with Gasteiger partial charge in [0.15, 0.2) is 11.5 Å². The van der Waals surface area contributed by atoms with Crippen LogP contribution in [0, 0.1) is 18.8 Å². The molecule has 4 rings (SSSR count). The maximum Gasteiger partial charge on any atom is 0.161 e. The summed E-state index contributed by atoms with van der Waals surface area (Å²) >= 11 is 1.72. The molecule has 0 bridgehead atoms. The van der Waals surface area contributed by atoms with Crippen molar-refractivity contribution in [2.24, 2.45) is 11.8 Å². The number of para-hydroxylation sites is 2. The Hall–Kier alpha value is -1.63. The third kappa shape index (κ3) is 4.28. The summed E-state index contributed by atoms with van der Waals surface area (Å²) < 4.78 is 11.5. The second-order valence-electron chi connectivity index (χ2n) is 7.73. The summed E-state index contributed by atoms with van der Waals surface area (Å²) in [4.78, 5) is 7.10. The first-order valence-electron chi connectivity index (χ1n) is 9.73. The predicted molar refractivity (Wildman–Crippen MR) is 107 cm³/mol. The van der Waals surface area contributed by atoms with E-state index in [1.54, 1.807) is 18.4 Å². The highest BCUT2D eigenvalue weighted by atomic mass is 32.1. The van der Waals surface area contributed by atoms with Crippen molar-refractivity contribution in [3.63, 3.8) is 0 Å². The van der Waals surface area contributed by atoms with Crippen LogP contribution in [0.1, 0.15) is 23.5 Å². The molecule has 1 saturated carbocycles. The summed E-state index contributed by atoms with van der Waals surface area (Å²) in [7, 11) is 1.65. The molecule has 5 nitrogen and oxygen atoms in total. The van der Waals surface area contributed by atoms with Crippen LogP contribution >= 0.6 is 11.3 Å². The van der Waals surface area contributed by atoms with Crippen molar-refractivity contribution in [2.75, 3.05) is 26.7 Å². The minimum absolute atomic E-state index is 0.163. The van der Waals surface area contributed by atoms with E-state index >= 15 is 0 Å².